The van der Waals surface area contributed by atoms with E-state index in [1.165, 1.54) is 6.08 Å². The Balaban J connectivity index is 2.94. The van der Waals surface area contributed by atoms with E-state index in [2.05, 4.69) is 5.32 Å². The minimum atomic E-state index is -1.03. The van der Waals surface area contributed by atoms with Gasteiger partial charge in [-0.15, -0.1) is 0 Å². The number of halogens is 1. The fraction of sp³-hybridized carbons (Fsp3) is 0.286. The zero-order valence-corrected chi connectivity index (χ0v) is 12.1. The summed E-state index contributed by atoms with van der Waals surface area (Å²) in [7, 11) is 1.59. The minimum absolute atomic E-state index is 0.0853. The number of likely N-dealkylation sites (N-methyl/N-ethyl adjacent to an activating group) is 2. The van der Waals surface area contributed by atoms with E-state index in [0.717, 1.165) is 11.8 Å². The Morgan fingerprint density at radius 2 is 2.15 bits per heavy atom. The molecule has 1 aromatic rings. The van der Waals surface area contributed by atoms with Crippen LogP contribution in [0.2, 0.25) is 5.02 Å². The highest BCUT2D eigenvalue weighted by molar-refractivity contribution is 6.32. The lowest BCUT2D eigenvalue weighted by atomic mass is 10.1. The Hall–Kier alpha value is -2.01. The van der Waals surface area contributed by atoms with Gasteiger partial charge in [-0.3, -0.25) is 4.79 Å². The van der Waals surface area contributed by atoms with E-state index in [-0.39, 0.29) is 12.5 Å². The van der Waals surface area contributed by atoms with Crippen LogP contribution >= 0.6 is 11.6 Å². The van der Waals surface area contributed by atoms with E-state index in [1.807, 2.05) is 11.8 Å². The van der Waals surface area contributed by atoms with Crippen LogP contribution in [-0.2, 0) is 9.59 Å². The molecule has 6 heteroatoms. The average Bonchev–Trinajstić information content (AvgIpc) is 2.42. The van der Waals surface area contributed by atoms with E-state index in [0.29, 0.717) is 17.1 Å². The fourth-order valence-corrected chi connectivity index (χ4v) is 1.88. The summed E-state index contributed by atoms with van der Waals surface area (Å²) < 4.78 is 0. The van der Waals surface area contributed by atoms with Crippen LogP contribution in [0.1, 0.15) is 12.5 Å². The lowest BCUT2D eigenvalue weighted by Gasteiger charge is -2.22. The van der Waals surface area contributed by atoms with Gasteiger partial charge in [0.15, 0.2) is 0 Å². The maximum atomic E-state index is 11.4. The van der Waals surface area contributed by atoms with E-state index in [4.69, 9.17) is 16.7 Å². The van der Waals surface area contributed by atoms with Gasteiger partial charge in [-0.25, -0.2) is 4.79 Å². The molecule has 0 bridgehead atoms. The highest BCUT2D eigenvalue weighted by Gasteiger charge is 2.10. The number of anilines is 1. The summed E-state index contributed by atoms with van der Waals surface area (Å²) in [6.07, 6.45) is 2.46. The Bertz CT molecular complexity index is 529. The van der Waals surface area contributed by atoms with Crippen LogP contribution in [0.4, 0.5) is 5.69 Å². The van der Waals surface area contributed by atoms with E-state index < -0.39 is 5.97 Å². The van der Waals surface area contributed by atoms with Crippen molar-refractivity contribution in [1.29, 1.82) is 0 Å². The molecular formula is C14H17ClN2O3. The molecular weight excluding hydrogens is 280 g/mol. The zero-order valence-electron chi connectivity index (χ0n) is 11.4. The van der Waals surface area contributed by atoms with Gasteiger partial charge < -0.3 is 15.3 Å². The molecule has 1 rings (SSSR count). The molecule has 1 aromatic carbocycles. The van der Waals surface area contributed by atoms with Crippen LogP contribution in [0.25, 0.3) is 6.08 Å². The Labute approximate surface area is 122 Å². The van der Waals surface area contributed by atoms with E-state index in [1.54, 1.807) is 25.2 Å². The van der Waals surface area contributed by atoms with Gasteiger partial charge in [0.05, 0.1) is 6.54 Å². The molecule has 0 aliphatic carbocycles. The summed E-state index contributed by atoms with van der Waals surface area (Å²) in [6.45, 7) is 2.84. The maximum Gasteiger partial charge on any atom is 0.328 e. The van der Waals surface area contributed by atoms with Crippen LogP contribution in [0, 0.1) is 0 Å². The fourth-order valence-electron chi connectivity index (χ4n) is 1.65. The van der Waals surface area contributed by atoms with Gasteiger partial charge in [0.2, 0.25) is 5.91 Å². The topological polar surface area (TPSA) is 69.6 Å². The second-order valence-electron chi connectivity index (χ2n) is 4.06. The number of carbonyl (C=O) groups excluding carboxylic acids is 1. The van der Waals surface area contributed by atoms with Crippen LogP contribution in [0.15, 0.2) is 24.3 Å². The van der Waals surface area contributed by atoms with Crippen molar-refractivity contribution in [3.05, 3.63) is 34.9 Å². The number of benzene rings is 1. The number of rotatable bonds is 6. The Kier molecular flexibility index (Phi) is 6.06. The standard InChI is InChI=1S/C14H17ClN2O3/c1-3-17(9-13(18)16-2)11-6-4-10(12(15)8-11)5-7-14(19)20/h4-8H,3,9H2,1-2H3,(H,16,18)(H,19,20)/b7-5+. The molecule has 5 nitrogen and oxygen atoms in total. The summed E-state index contributed by atoms with van der Waals surface area (Å²) in [4.78, 5) is 23.8. The molecule has 0 unspecified atom stereocenters. The molecule has 0 aromatic heterocycles. The van der Waals surface area contributed by atoms with Gasteiger partial charge >= 0.3 is 5.97 Å². The molecule has 0 fully saturated rings. The number of hydrogen-bond donors (Lipinski definition) is 2. The smallest absolute Gasteiger partial charge is 0.328 e. The maximum absolute atomic E-state index is 11.4. The lowest BCUT2D eigenvalue weighted by Crippen LogP contribution is -2.35. The Morgan fingerprint density at radius 1 is 1.45 bits per heavy atom. The summed E-state index contributed by atoms with van der Waals surface area (Å²) in [5, 5.41) is 11.6. The second-order valence-corrected chi connectivity index (χ2v) is 4.47. The predicted octanol–water partition coefficient (Wildman–Crippen LogP) is 2.01. The van der Waals surface area contributed by atoms with Crippen molar-refractivity contribution in [2.75, 3.05) is 25.0 Å². The van der Waals surface area contributed by atoms with Crippen molar-refractivity contribution >= 4 is 35.2 Å². The predicted molar refractivity (Wildman–Crippen MR) is 80.1 cm³/mol. The molecule has 0 radical (unpaired) electrons. The molecule has 0 aliphatic heterocycles. The summed E-state index contributed by atoms with van der Waals surface area (Å²) in [6, 6.07) is 5.25. The van der Waals surface area contributed by atoms with Crippen LogP contribution in [0.5, 0.6) is 0 Å². The van der Waals surface area contributed by atoms with Gasteiger partial charge in [-0.2, -0.15) is 0 Å². The summed E-state index contributed by atoms with van der Waals surface area (Å²) in [5.74, 6) is -1.11. The molecule has 20 heavy (non-hydrogen) atoms. The third kappa shape index (κ3) is 4.59. The molecule has 2 N–H and O–H groups in total. The van der Waals surface area contributed by atoms with E-state index in [9.17, 15) is 9.59 Å². The Morgan fingerprint density at radius 3 is 2.65 bits per heavy atom. The lowest BCUT2D eigenvalue weighted by molar-refractivity contribution is -0.131. The van der Waals surface area contributed by atoms with Gasteiger partial charge in [-0.05, 0) is 30.7 Å². The van der Waals surface area contributed by atoms with Crippen molar-refractivity contribution < 1.29 is 14.7 Å². The molecule has 0 spiro atoms. The first kappa shape index (κ1) is 16.0. The first-order valence-corrected chi connectivity index (χ1v) is 6.51. The third-order valence-electron chi connectivity index (χ3n) is 2.75. The zero-order chi connectivity index (χ0) is 15.1. The molecule has 1 amide bonds. The number of aliphatic carboxylic acids is 1. The average molecular weight is 297 g/mol. The van der Waals surface area contributed by atoms with Crippen LogP contribution in [-0.4, -0.2) is 37.1 Å². The largest absolute Gasteiger partial charge is 0.478 e. The molecule has 0 heterocycles. The number of nitrogens with one attached hydrogen (secondary N) is 1. The summed E-state index contributed by atoms with van der Waals surface area (Å²) in [5.41, 5.74) is 1.43. The minimum Gasteiger partial charge on any atom is -0.478 e. The van der Waals surface area contributed by atoms with Crippen molar-refractivity contribution in [2.45, 2.75) is 6.92 Å². The number of hydrogen-bond acceptors (Lipinski definition) is 3. The number of carbonyl (C=O) groups is 2. The van der Waals surface area contributed by atoms with Crippen LogP contribution < -0.4 is 10.2 Å². The highest BCUT2D eigenvalue weighted by Crippen LogP contribution is 2.24. The molecule has 0 aliphatic rings. The quantitative estimate of drug-likeness (QED) is 0.788. The first-order valence-electron chi connectivity index (χ1n) is 6.14. The first-order chi connectivity index (χ1) is 9.47. The number of nitrogens with zero attached hydrogens (tertiary/aromatic N) is 1. The monoisotopic (exact) mass is 296 g/mol. The SMILES string of the molecule is CCN(CC(=O)NC)c1ccc(/C=C/C(=O)O)c(Cl)c1. The highest BCUT2D eigenvalue weighted by atomic mass is 35.5. The van der Waals surface area contributed by atoms with Crippen molar-refractivity contribution in [3.63, 3.8) is 0 Å². The van der Waals surface area contributed by atoms with Gasteiger partial charge in [0.1, 0.15) is 0 Å². The molecule has 0 saturated heterocycles. The summed E-state index contributed by atoms with van der Waals surface area (Å²) >= 11 is 6.11. The third-order valence-corrected chi connectivity index (χ3v) is 3.08. The number of carboxylic acids is 1. The van der Waals surface area contributed by atoms with Crippen molar-refractivity contribution in [2.24, 2.45) is 0 Å². The molecule has 108 valence electrons. The number of carboxylic acid groups (broad SMARTS) is 1. The number of amides is 1. The van der Waals surface area contributed by atoms with Gasteiger partial charge in [-0.1, -0.05) is 17.7 Å². The van der Waals surface area contributed by atoms with Gasteiger partial charge in [0.25, 0.3) is 0 Å². The normalized spacial score (nSPS) is 10.6. The van der Waals surface area contributed by atoms with Gasteiger partial charge in [0, 0.05) is 30.4 Å². The van der Waals surface area contributed by atoms with Crippen molar-refractivity contribution in [1.82, 2.24) is 5.32 Å². The molecule has 0 atom stereocenters. The van der Waals surface area contributed by atoms with Crippen LogP contribution in [0.3, 0.4) is 0 Å². The molecule has 0 saturated carbocycles. The second kappa shape index (κ2) is 7.55. The van der Waals surface area contributed by atoms with Crippen molar-refractivity contribution in [3.8, 4) is 0 Å². The van der Waals surface area contributed by atoms with E-state index >= 15 is 0 Å².